The van der Waals surface area contributed by atoms with Gasteiger partial charge in [-0.1, -0.05) is 48.5 Å². The molecule has 0 bridgehead atoms. The fourth-order valence-corrected chi connectivity index (χ4v) is 3.29. The molecule has 0 aliphatic heterocycles. The van der Waals surface area contributed by atoms with Crippen LogP contribution >= 0.6 is 0 Å². The van der Waals surface area contributed by atoms with Crippen LogP contribution < -0.4 is 9.80 Å². The van der Waals surface area contributed by atoms with Crippen molar-refractivity contribution in [3.05, 3.63) is 83.9 Å². The molecule has 0 fully saturated rings. The molecule has 0 saturated heterocycles. The molecule has 3 aromatic carbocycles. The Kier molecular flexibility index (Phi) is 5.47. The van der Waals surface area contributed by atoms with Crippen LogP contribution in [-0.2, 0) is 0 Å². The van der Waals surface area contributed by atoms with Crippen LogP contribution in [0.3, 0.4) is 0 Å². The van der Waals surface area contributed by atoms with Crippen molar-refractivity contribution in [1.29, 1.82) is 5.26 Å². The van der Waals surface area contributed by atoms with Crippen molar-refractivity contribution in [3.8, 4) is 17.2 Å². The maximum atomic E-state index is 10.0. The average molecular weight is 355 g/mol. The van der Waals surface area contributed by atoms with Crippen molar-refractivity contribution < 1.29 is 0 Å². The van der Waals surface area contributed by atoms with Gasteiger partial charge >= 0.3 is 0 Å². The molecule has 3 rings (SSSR count). The summed E-state index contributed by atoms with van der Waals surface area (Å²) in [6, 6.07) is 27.4. The highest BCUT2D eigenvalue weighted by Gasteiger charge is 2.19. The van der Waals surface area contributed by atoms with Gasteiger partial charge in [0.2, 0.25) is 0 Å². The second kappa shape index (κ2) is 7.97. The maximum Gasteiger partial charge on any atom is 0.0982 e. The van der Waals surface area contributed by atoms with Gasteiger partial charge in [0, 0.05) is 39.6 Å². The first-order chi connectivity index (χ1) is 13.0. The molecule has 0 aromatic heterocycles. The number of anilines is 2. The van der Waals surface area contributed by atoms with Crippen LogP contribution in [0.2, 0.25) is 0 Å². The molecule has 0 radical (unpaired) electrons. The van der Waals surface area contributed by atoms with Crippen LogP contribution in [0.4, 0.5) is 11.4 Å². The van der Waals surface area contributed by atoms with Gasteiger partial charge in [0.15, 0.2) is 0 Å². The summed E-state index contributed by atoms with van der Waals surface area (Å²) < 4.78 is 0. The number of benzene rings is 3. The van der Waals surface area contributed by atoms with Crippen LogP contribution in [0.1, 0.15) is 17.0 Å². The molecule has 0 aliphatic carbocycles. The fraction of sp³-hybridized carbons (Fsp3) is 0.208. The summed E-state index contributed by atoms with van der Waals surface area (Å²) in [5, 5.41) is 10.0. The van der Waals surface area contributed by atoms with Crippen molar-refractivity contribution in [1.82, 2.24) is 0 Å². The van der Waals surface area contributed by atoms with Gasteiger partial charge in [-0.3, -0.25) is 0 Å². The molecule has 3 aromatic rings. The summed E-state index contributed by atoms with van der Waals surface area (Å²) in [6.45, 7) is 0. The van der Waals surface area contributed by atoms with Gasteiger partial charge in [-0.25, -0.2) is 0 Å². The molecule has 1 atom stereocenters. The van der Waals surface area contributed by atoms with Gasteiger partial charge in [-0.05, 0) is 46.5 Å². The zero-order chi connectivity index (χ0) is 19.4. The highest BCUT2D eigenvalue weighted by Crippen LogP contribution is 2.35. The lowest BCUT2D eigenvalue weighted by Crippen LogP contribution is -2.14. The number of rotatable bonds is 5. The Labute approximate surface area is 162 Å². The van der Waals surface area contributed by atoms with Gasteiger partial charge < -0.3 is 9.80 Å². The van der Waals surface area contributed by atoms with E-state index in [2.05, 4.69) is 70.5 Å². The van der Waals surface area contributed by atoms with Crippen LogP contribution in [0.15, 0.2) is 72.8 Å². The maximum absolute atomic E-state index is 10.0. The molecule has 3 heteroatoms. The van der Waals surface area contributed by atoms with Gasteiger partial charge in [0.25, 0.3) is 0 Å². The molecule has 0 saturated carbocycles. The molecular weight excluding hydrogens is 330 g/mol. The van der Waals surface area contributed by atoms with Crippen molar-refractivity contribution in [2.24, 2.45) is 0 Å². The third-order valence-electron chi connectivity index (χ3n) is 4.80. The Hall–Kier alpha value is -3.25. The highest BCUT2D eigenvalue weighted by atomic mass is 15.1. The second-order valence-corrected chi connectivity index (χ2v) is 7.08. The molecule has 0 spiro atoms. The molecule has 0 aliphatic rings. The molecule has 0 N–H and O–H groups in total. The monoisotopic (exact) mass is 355 g/mol. The minimum absolute atomic E-state index is 0.317. The predicted molar refractivity (Wildman–Crippen MR) is 114 cm³/mol. The molecule has 1 unspecified atom stereocenters. The lowest BCUT2D eigenvalue weighted by atomic mass is 9.88. The summed E-state index contributed by atoms with van der Waals surface area (Å²) in [4.78, 5) is 4.13. The fourth-order valence-electron chi connectivity index (χ4n) is 3.29. The van der Waals surface area contributed by atoms with Crippen LogP contribution in [-0.4, -0.2) is 28.2 Å². The summed E-state index contributed by atoms with van der Waals surface area (Å²) in [5.41, 5.74) is 6.52. The van der Waals surface area contributed by atoms with E-state index >= 15 is 0 Å². The first kappa shape index (κ1) is 18.5. The third kappa shape index (κ3) is 3.96. The van der Waals surface area contributed by atoms with Gasteiger partial charge in [-0.15, -0.1) is 0 Å². The van der Waals surface area contributed by atoms with Gasteiger partial charge in [-0.2, -0.15) is 5.26 Å². The topological polar surface area (TPSA) is 30.3 Å². The Morgan fingerprint density at radius 2 is 1.41 bits per heavy atom. The first-order valence-electron chi connectivity index (χ1n) is 9.05. The standard InChI is InChI=1S/C24H25N3/c1-26(2)21-13-10-19(11-14-21)23(17-25)22-16-20(12-15-24(22)27(3)4)18-8-6-5-7-9-18/h5-16,23H,1-4H3. The first-order valence-corrected chi connectivity index (χ1v) is 9.05. The average Bonchev–Trinajstić information content (AvgIpc) is 2.69. The number of nitriles is 1. The van der Waals surface area contributed by atoms with Crippen molar-refractivity contribution in [3.63, 3.8) is 0 Å². The van der Waals surface area contributed by atoms with Crippen LogP contribution in [0, 0.1) is 11.3 Å². The minimum Gasteiger partial charge on any atom is -0.378 e. The Morgan fingerprint density at radius 3 is 1.96 bits per heavy atom. The van der Waals surface area contributed by atoms with Gasteiger partial charge in [0.1, 0.15) is 0 Å². The quantitative estimate of drug-likeness (QED) is 0.635. The lowest BCUT2D eigenvalue weighted by molar-refractivity contribution is 1.00. The molecule has 0 heterocycles. The summed E-state index contributed by atoms with van der Waals surface area (Å²) in [6.07, 6.45) is 0. The van der Waals surface area contributed by atoms with Crippen LogP contribution in [0.5, 0.6) is 0 Å². The molecule has 0 amide bonds. The van der Waals surface area contributed by atoms with E-state index in [0.29, 0.717) is 0 Å². The summed E-state index contributed by atoms with van der Waals surface area (Å²) in [7, 11) is 8.07. The number of nitrogens with zero attached hydrogens (tertiary/aromatic N) is 3. The highest BCUT2D eigenvalue weighted by molar-refractivity contribution is 5.71. The minimum atomic E-state index is -0.317. The Morgan fingerprint density at radius 1 is 0.741 bits per heavy atom. The SMILES string of the molecule is CN(C)c1ccc(C(C#N)c2cc(-c3ccccc3)ccc2N(C)C)cc1. The summed E-state index contributed by atoms with van der Waals surface area (Å²) >= 11 is 0. The Bertz CT molecular complexity index is 936. The predicted octanol–water partition coefficient (Wildman–Crippen LogP) is 5.14. The van der Waals surface area contributed by atoms with E-state index in [0.717, 1.165) is 33.6 Å². The molecule has 27 heavy (non-hydrogen) atoms. The summed E-state index contributed by atoms with van der Waals surface area (Å²) in [5.74, 6) is -0.317. The molecular formula is C24H25N3. The van der Waals surface area contributed by atoms with Crippen LogP contribution in [0.25, 0.3) is 11.1 Å². The van der Waals surface area contributed by atoms with E-state index in [9.17, 15) is 5.26 Å². The van der Waals surface area contributed by atoms with Crippen molar-refractivity contribution in [2.75, 3.05) is 38.0 Å². The van der Waals surface area contributed by atoms with E-state index in [-0.39, 0.29) is 5.92 Å². The van der Waals surface area contributed by atoms with E-state index in [1.165, 1.54) is 0 Å². The number of hydrogen-bond acceptors (Lipinski definition) is 3. The Balaban J connectivity index is 2.09. The zero-order valence-corrected chi connectivity index (χ0v) is 16.3. The van der Waals surface area contributed by atoms with Crippen molar-refractivity contribution >= 4 is 11.4 Å². The van der Waals surface area contributed by atoms with E-state index in [1.807, 2.05) is 46.4 Å². The molecule has 3 nitrogen and oxygen atoms in total. The second-order valence-electron chi connectivity index (χ2n) is 7.08. The van der Waals surface area contributed by atoms with Gasteiger partial charge in [0.05, 0.1) is 12.0 Å². The smallest absolute Gasteiger partial charge is 0.0982 e. The normalized spacial score (nSPS) is 11.5. The van der Waals surface area contributed by atoms with Crippen molar-refractivity contribution in [2.45, 2.75) is 5.92 Å². The number of hydrogen-bond donors (Lipinski definition) is 0. The molecule has 136 valence electrons. The zero-order valence-electron chi connectivity index (χ0n) is 16.3. The van der Waals surface area contributed by atoms with E-state index in [1.54, 1.807) is 0 Å². The largest absolute Gasteiger partial charge is 0.378 e. The lowest BCUT2D eigenvalue weighted by Gasteiger charge is -2.22. The van der Waals surface area contributed by atoms with E-state index < -0.39 is 0 Å². The van der Waals surface area contributed by atoms with E-state index in [4.69, 9.17) is 0 Å². The third-order valence-corrected chi connectivity index (χ3v) is 4.80.